The van der Waals surface area contributed by atoms with E-state index in [4.69, 9.17) is 0 Å². The van der Waals surface area contributed by atoms with Gasteiger partial charge in [0, 0.05) is 57.0 Å². The molecule has 0 bridgehead atoms. The van der Waals surface area contributed by atoms with Gasteiger partial charge in [0.2, 0.25) is 5.95 Å². The van der Waals surface area contributed by atoms with Gasteiger partial charge in [0.25, 0.3) is 5.91 Å². The van der Waals surface area contributed by atoms with E-state index in [1.165, 1.54) is 0 Å². The lowest BCUT2D eigenvalue weighted by Gasteiger charge is -2.34. The summed E-state index contributed by atoms with van der Waals surface area (Å²) in [5.74, 6) is 1.34. The molecule has 26 heavy (non-hydrogen) atoms. The molecule has 1 fully saturated rings. The molecular weight excluding hydrogens is 328 g/mol. The molecule has 1 aliphatic heterocycles. The van der Waals surface area contributed by atoms with E-state index in [1.807, 2.05) is 17.0 Å². The fourth-order valence-electron chi connectivity index (χ4n) is 2.89. The Bertz CT molecular complexity index is 713. The summed E-state index contributed by atoms with van der Waals surface area (Å²) in [5.41, 5.74) is 1.43. The Morgan fingerprint density at radius 2 is 1.85 bits per heavy atom. The Kier molecular flexibility index (Phi) is 5.99. The standard InChI is InChI=1S/C19H26N6O/c1-15(2)4-8-20-16-5-9-21-17(14-16)18(26)24-10-12-25(13-11-24)19-22-6-3-7-23-19/h3,5-7,9,14-15H,4,8,10-13H2,1-2H3,(H,20,21). The molecule has 0 radical (unpaired) electrons. The van der Waals surface area contributed by atoms with Gasteiger partial charge in [0.1, 0.15) is 5.69 Å². The third kappa shape index (κ3) is 4.68. The summed E-state index contributed by atoms with van der Waals surface area (Å²) >= 11 is 0. The maximum absolute atomic E-state index is 12.8. The second kappa shape index (κ2) is 8.60. The van der Waals surface area contributed by atoms with Crippen LogP contribution in [0.4, 0.5) is 11.6 Å². The zero-order valence-electron chi connectivity index (χ0n) is 15.4. The van der Waals surface area contributed by atoms with Crippen LogP contribution in [0.3, 0.4) is 0 Å². The average molecular weight is 354 g/mol. The maximum atomic E-state index is 12.8. The van der Waals surface area contributed by atoms with Crippen molar-refractivity contribution < 1.29 is 4.79 Å². The number of pyridine rings is 1. The highest BCUT2D eigenvalue weighted by Gasteiger charge is 2.24. The Morgan fingerprint density at radius 3 is 2.54 bits per heavy atom. The van der Waals surface area contributed by atoms with E-state index in [9.17, 15) is 4.79 Å². The highest BCUT2D eigenvalue weighted by molar-refractivity contribution is 5.93. The smallest absolute Gasteiger partial charge is 0.272 e. The molecule has 138 valence electrons. The molecule has 3 rings (SSSR count). The molecule has 1 aliphatic rings. The lowest BCUT2D eigenvalue weighted by Crippen LogP contribution is -2.49. The van der Waals surface area contributed by atoms with Gasteiger partial charge in [-0.3, -0.25) is 9.78 Å². The van der Waals surface area contributed by atoms with Crippen LogP contribution in [0.25, 0.3) is 0 Å². The van der Waals surface area contributed by atoms with Crippen molar-refractivity contribution in [3.8, 4) is 0 Å². The Morgan fingerprint density at radius 1 is 1.12 bits per heavy atom. The molecule has 0 spiro atoms. The van der Waals surface area contributed by atoms with Gasteiger partial charge >= 0.3 is 0 Å². The van der Waals surface area contributed by atoms with Gasteiger partial charge in [-0.1, -0.05) is 13.8 Å². The topological polar surface area (TPSA) is 74.2 Å². The first-order valence-electron chi connectivity index (χ1n) is 9.14. The molecule has 7 nitrogen and oxygen atoms in total. The number of hydrogen-bond acceptors (Lipinski definition) is 6. The second-order valence-electron chi connectivity index (χ2n) is 6.87. The van der Waals surface area contributed by atoms with E-state index >= 15 is 0 Å². The first-order chi connectivity index (χ1) is 12.6. The van der Waals surface area contributed by atoms with E-state index in [-0.39, 0.29) is 5.91 Å². The van der Waals surface area contributed by atoms with Gasteiger partial charge in [-0.25, -0.2) is 9.97 Å². The SMILES string of the molecule is CC(C)CCNc1ccnc(C(=O)N2CCN(c3ncccn3)CC2)c1. The van der Waals surface area contributed by atoms with E-state index in [1.54, 1.807) is 24.7 Å². The molecule has 0 aromatic carbocycles. The van der Waals surface area contributed by atoms with Gasteiger partial charge in [-0.2, -0.15) is 0 Å². The van der Waals surface area contributed by atoms with Crippen molar-refractivity contribution in [2.24, 2.45) is 5.92 Å². The number of rotatable bonds is 6. The number of carbonyl (C=O) groups excluding carboxylic acids is 1. The van der Waals surface area contributed by atoms with Gasteiger partial charge < -0.3 is 15.1 Å². The maximum Gasteiger partial charge on any atom is 0.272 e. The van der Waals surface area contributed by atoms with Crippen LogP contribution >= 0.6 is 0 Å². The zero-order chi connectivity index (χ0) is 18.4. The molecule has 0 aliphatic carbocycles. The molecule has 2 aromatic heterocycles. The van der Waals surface area contributed by atoms with E-state index in [0.717, 1.165) is 31.7 Å². The minimum Gasteiger partial charge on any atom is -0.385 e. The predicted molar refractivity (Wildman–Crippen MR) is 102 cm³/mol. The number of amides is 1. The van der Waals surface area contributed by atoms with Gasteiger partial charge in [-0.05, 0) is 30.5 Å². The van der Waals surface area contributed by atoms with Crippen LogP contribution in [0.5, 0.6) is 0 Å². The first kappa shape index (κ1) is 18.1. The number of hydrogen-bond donors (Lipinski definition) is 1. The zero-order valence-corrected chi connectivity index (χ0v) is 15.4. The van der Waals surface area contributed by atoms with Crippen molar-refractivity contribution in [2.75, 3.05) is 42.9 Å². The van der Waals surface area contributed by atoms with Crippen molar-refractivity contribution in [3.05, 3.63) is 42.5 Å². The normalized spacial score (nSPS) is 14.6. The summed E-state index contributed by atoms with van der Waals surface area (Å²) in [4.78, 5) is 29.5. The number of nitrogens with zero attached hydrogens (tertiary/aromatic N) is 5. The minimum atomic E-state index is -0.0221. The van der Waals surface area contributed by atoms with Gasteiger partial charge in [-0.15, -0.1) is 0 Å². The lowest BCUT2D eigenvalue weighted by atomic mass is 10.1. The molecule has 1 amide bonds. The monoisotopic (exact) mass is 354 g/mol. The van der Waals surface area contributed by atoms with Crippen molar-refractivity contribution in [1.82, 2.24) is 19.9 Å². The van der Waals surface area contributed by atoms with Crippen LogP contribution in [0.15, 0.2) is 36.8 Å². The average Bonchev–Trinajstić information content (AvgIpc) is 2.68. The number of aromatic nitrogens is 3. The molecule has 7 heteroatoms. The summed E-state index contributed by atoms with van der Waals surface area (Å²) in [7, 11) is 0. The Balaban J connectivity index is 1.56. The van der Waals surface area contributed by atoms with Gasteiger partial charge in [0.05, 0.1) is 0 Å². The number of carbonyl (C=O) groups is 1. The molecular formula is C19H26N6O. The second-order valence-corrected chi connectivity index (χ2v) is 6.87. The molecule has 0 unspecified atom stereocenters. The number of nitrogens with one attached hydrogen (secondary N) is 1. The van der Waals surface area contributed by atoms with E-state index < -0.39 is 0 Å². The van der Waals surface area contributed by atoms with E-state index in [0.29, 0.717) is 30.6 Å². The fraction of sp³-hybridized carbons (Fsp3) is 0.474. The van der Waals surface area contributed by atoms with Crippen molar-refractivity contribution in [2.45, 2.75) is 20.3 Å². The summed E-state index contributed by atoms with van der Waals surface area (Å²) in [6, 6.07) is 5.55. The summed E-state index contributed by atoms with van der Waals surface area (Å²) in [6.07, 6.45) is 6.26. The molecule has 0 saturated carbocycles. The predicted octanol–water partition coefficient (Wildman–Crippen LogP) is 2.29. The van der Waals surface area contributed by atoms with Gasteiger partial charge in [0.15, 0.2) is 0 Å². The quantitative estimate of drug-likeness (QED) is 0.858. The third-order valence-corrected chi connectivity index (χ3v) is 4.43. The minimum absolute atomic E-state index is 0.0221. The summed E-state index contributed by atoms with van der Waals surface area (Å²) in [5, 5.41) is 3.37. The van der Waals surface area contributed by atoms with Crippen molar-refractivity contribution in [3.63, 3.8) is 0 Å². The summed E-state index contributed by atoms with van der Waals surface area (Å²) in [6.45, 7) is 8.02. The Hall–Kier alpha value is -2.70. The molecule has 1 saturated heterocycles. The van der Waals surface area contributed by atoms with Crippen LogP contribution in [0.2, 0.25) is 0 Å². The van der Waals surface area contributed by atoms with Crippen LogP contribution in [0.1, 0.15) is 30.8 Å². The molecule has 3 heterocycles. The molecule has 1 N–H and O–H groups in total. The number of piperazine rings is 1. The fourth-order valence-corrected chi connectivity index (χ4v) is 2.89. The van der Waals surface area contributed by atoms with E-state index in [2.05, 4.69) is 39.0 Å². The molecule has 0 atom stereocenters. The third-order valence-electron chi connectivity index (χ3n) is 4.43. The van der Waals surface area contributed by atoms with Crippen LogP contribution in [0, 0.1) is 5.92 Å². The highest BCUT2D eigenvalue weighted by atomic mass is 16.2. The highest BCUT2D eigenvalue weighted by Crippen LogP contribution is 2.14. The van der Waals surface area contributed by atoms with Crippen LogP contribution in [-0.4, -0.2) is 58.5 Å². The Labute approximate surface area is 154 Å². The van der Waals surface area contributed by atoms with Crippen LogP contribution in [-0.2, 0) is 0 Å². The summed E-state index contributed by atoms with van der Waals surface area (Å²) < 4.78 is 0. The first-order valence-corrected chi connectivity index (χ1v) is 9.14. The van der Waals surface area contributed by atoms with Crippen molar-refractivity contribution >= 4 is 17.5 Å². The number of anilines is 2. The van der Waals surface area contributed by atoms with Crippen LogP contribution < -0.4 is 10.2 Å². The van der Waals surface area contributed by atoms with Crippen molar-refractivity contribution in [1.29, 1.82) is 0 Å². The molecule has 2 aromatic rings. The lowest BCUT2D eigenvalue weighted by molar-refractivity contribution is 0.0740. The largest absolute Gasteiger partial charge is 0.385 e.